The van der Waals surface area contributed by atoms with Gasteiger partial charge >= 0.3 is 15.6 Å². The first-order valence-electron chi connectivity index (χ1n) is 3.16. The fourth-order valence-electron chi connectivity index (χ4n) is 0.513. The molecule has 0 N–H and O–H groups in total. The van der Waals surface area contributed by atoms with Gasteiger partial charge in [0.25, 0.3) is 5.95 Å². The van der Waals surface area contributed by atoms with Crippen molar-refractivity contribution in [3.8, 4) is 0 Å². The first-order chi connectivity index (χ1) is 6.33. The molecule has 0 aromatic rings. The lowest BCUT2D eigenvalue weighted by molar-refractivity contribution is -0.0562. The van der Waals surface area contributed by atoms with Gasteiger partial charge in [-0.2, -0.15) is 21.6 Å². The van der Waals surface area contributed by atoms with Gasteiger partial charge in [-0.3, -0.25) is 4.99 Å². The van der Waals surface area contributed by atoms with Crippen LogP contribution in [0.3, 0.4) is 0 Å². The van der Waals surface area contributed by atoms with E-state index in [-0.39, 0.29) is 6.73 Å². The van der Waals surface area contributed by atoms with Crippen molar-refractivity contribution in [1.29, 1.82) is 0 Å². The molecule has 0 radical (unpaired) electrons. The zero-order valence-corrected chi connectivity index (χ0v) is 7.30. The van der Waals surface area contributed by atoms with Gasteiger partial charge in [0.1, 0.15) is 0 Å². The number of hydrogen-bond acceptors (Lipinski definition) is 5. The number of aliphatic imine (C=N–C) groups is 1. The van der Waals surface area contributed by atoms with Gasteiger partial charge in [0.15, 0.2) is 6.73 Å². The number of rotatable bonds is 2. The fourth-order valence-corrected chi connectivity index (χ4v) is 0.927. The van der Waals surface area contributed by atoms with E-state index in [0.29, 0.717) is 0 Å². The summed E-state index contributed by atoms with van der Waals surface area (Å²) >= 11 is 0. The Morgan fingerprint density at radius 2 is 2.14 bits per heavy atom. The maximum Gasteiger partial charge on any atom is 0.534 e. The maximum atomic E-state index is 11.8. The Balaban J connectivity index is 2.79. The zero-order valence-electron chi connectivity index (χ0n) is 6.48. The van der Waals surface area contributed by atoms with Gasteiger partial charge in [-0.25, -0.2) is 0 Å². The van der Waals surface area contributed by atoms with E-state index >= 15 is 0 Å². The minimum Gasteiger partial charge on any atom is -0.441 e. The molecule has 0 fully saturated rings. The average molecular weight is 231 g/mol. The first kappa shape index (κ1) is 10.8. The summed E-state index contributed by atoms with van der Waals surface area (Å²) < 4.78 is 64.1. The third kappa shape index (κ3) is 2.37. The van der Waals surface area contributed by atoms with Crippen molar-refractivity contribution in [3.05, 3.63) is 12.0 Å². The lowest BCUT2D eigenvalue weighted by Crippen LogP contribution is -2.26. The molecular formula is C5H4F3NO4S. The van der Waals surface area contributed by atoms with Crippen LogP contribution in [-0.4, -0.2) is 26.9 Å². The normalized spacial score (nSPS) is 17.2. The Morgan fingerprint density at radius 1 is 1.50 bits per heavy atom. The van der Waals surface area contributed by atoms with E-state index in [1.165, 1.54) is 0 Å². The molecule has 0 aromatic heterocycles. The Morgan fingerprint density at radius 3 is 2.57 bits per heavy atom. The van der Waals surface area contributed by atoms with Crippen LogP contribution in [0.5, 0.6) is 0 Å². The molecule has 0 spiro atoms. The molecule has 0 unspecified atom stereocenters. The monoisotopic (exact) mass is 231 g/mol. The number of alkyl halides is 3. The Kier molecular flexibility index (Phi) is 2.69. The van der Waals surface area contributed by atoms with Crippen LogP contribution in [0.1, 0.15) is 0 Å². The summed E-state index contributed by atoms with van der Waals surface area (Å²) in [4.78, 5) is 3.44. The van der Waals surface area contributed by atoms with Crippen molar-refractivity contribution in [3.63, 3.8) is 0 Å². The van der Waals surface area contributed by atoms with Crippen LogP contribution in [0.2, 0.25) is 0 Å². The van der Waals surface area contributed by atoms with Crippen LogP contribution >= 0.6 is 0 Å². The summed E-state index contributed by atoms with van der Waals surface area (Å²) in [6.07, 6.45) is 1.94. The highest BCUT2D eigenvalue weighted by atomic mass is 32.2. The highest BCUT2D eigenvalue weighted by Crippen LogP contribution is 2.26. The van der Waals surface area contributed by atoms with Crippen LogP contribution < -0.4 is 0 Å². The highest BCUT2D eigenvalue weighted by Gasteiger charge is 2.49. The number of halogens is 3. The van der Waals surface area contributed by atoms with Crippen LogP contribution in [0.4, 0.5) is 13.2 Å². The van der Waals surface area contributed by atoms with Crippen molar-refractivity contribution in [2.24, 2.45) is 4.99 Å². The predicted molar refractivity (Wildman–Crippen MR) is 38.6 cm³/mol. The second-order valence-electron chi connectivity index (χ2n) is 2.07. The summed E-state index contributed by atoms with van der Waals surface area (Å²) in [7, 11) is -5.65. The van der Waals surface area contributed by atoms with E-state index in [0.717, 1.165) is 12.3 Å². The SMILES string of the molecule is O=S(=O)(OC1=CC=NCO1)C(F)(F)F. The molecule has 1 heterocycles. The Labute approximate surface area is 77.0 Å². The summed E-state index contributed by atoms with van der Waals surface area (Å²) in [5.41, 5.74) is -5.47. The van der Waals surface area contributed by atoms with Crippen molar-refractivity contribution in [2.45, 2.75) is 5.51 Å². The Bertz CT molecular complexity index is 369. The third-order valence-electron chi connectivity index (χ3n) is 1.07. The van der Waals surface area contributed by atoms with Crippen molar-refractivity contribution in [1.82, 2.24) is 0 Å². The molecule has 0 atom stereocenters. The minimum absolute atomic E-state index is 0.279. The van der Waals surface area contributed by atoms with E-state index in [4.69, 9.17) is 0 Å². The smallest absolute Gasteiger partial charge is 0.441 e. The topological polar surface area (TPSA) is 65.0 Å². The molecule has 14 heavy (non-hydrogen) atoms. The predicted octanol–water partition coefficient (Wildman–Crippen LogP) is 0.753. The summed E-state index contributed by atoms with van der Waals surface area (Å²) in [6, 6.07) is 0. The third-order valence-corrected chi connectivity index (χ3v) is 2.02. The number of ether oxygens (including phenoxy) is 1. The first-order valence-corrected chi connectivity index (χ1v) is 4.57. The quantitative estimate of drug-likeness (QED) is 0.519. The summed E-state index contributed by atoms with van der Waals surface area (Å²) in [6.45, 7) is -0.279. The van der Waals surface area contributed by atoms with Gasteiger partial charge in [0.05, 0.1) is 0 Å². The van der Waals surface area contributed by atoms with Gasteiger partial charge in [-0.1, -0.05) is 0 Å². The second kappa shape index (κ2) is 3.48. The number of hydrogen-bond donors (Lipinski definition) is 0. The second-order valence-corrected chi connectivity index (χ2v) is 3.61. The van der Waals surface area contributed by atoms with Crippen LogP contribution in [0, 0.1) is 0 Å². The summed E-state index contributed by atoms with van der Waals surface area (Å²) in [5.74, 6) is -0.752. The molecule has 0 saturated heterocycles. The van der Waals surface area contributed by atoms with Gasteiger partial charge < -0.3 is 8.92 Å². The molecule has 0 aliphatic carbocycles. The van der Waals surface area contributed by atoms with E-state index in [9.17, 15) is 21.6 Å². The Hall–Kier alpha value is -1.25. The standard InChI is InChI=1S/C5H4F3NO4S/c6-5(7,8)14(10,11)13-4-1-2-9-3-12-4/h1-2H,3H2. The van der Waals surface area contributed by atoms with Gasteiger partial charge in [0.2, 0.25) is 0 Å². The van der Waals surface area contributed by atoms with Crippen LogP contribution in [0.15, 0.2) is 17.0 Å². The largest absolute Gasteiger partial charge is 0.534 e. The molecule has 0 aromatic carbocycles. The lowest BCUT2D eigenvalue weighted by Gasteiger charge is -2.12. The number of nitrogens with zero attached hydrogens (tertiary/aromatic N) is 1. The summed E-state index contributed by atoms with van der Waals surface area (Å²) in [5, 5.41) is 0. The molecule has 0 bridgehead atoms. The molecule has 9 heteroatoms. The van der Waals surface area contributed by atoms with Crippen molar-refractivity contribution in [2.75, 3.05) is 6.73 Å². The van der Waals surface area contributed by atoms with E-state index in [1.54, 1.807) is 0 Å². The molecule has 0 amide bonds. The fraction of sp³-hybridized carbons (Fsp3) is 0.400. The average Bonchev–Trinajstić information content (AvgIpc) is 2.03. The molecule has 1 rings (SSSR count). The minimum atomic E-state index is -5.65. The molecule has 1 aliphatic heterocycles. The zero-order chi connectivity index (χ0) is 10.8. The van der Waals surface area contributed by atoms with E-state index in [2.05, 4.69) is 13.9 Å². The molecule has 5 nitrogen and oxygen atoms in total. The van der Waals surface area contributed by atoms with Crippen LogP contribution in [0.25, 0.3) is 0 Å². The van der Waals surface area contributed by atoms with E-state index < -0.39 is 21.6 Å². The van der Waals surface area contributed by atoms with Gasteiger partial charge in [-0.05, 0) is 0 Å². The highest BCUT2D eigenvalue weighted by molar-refractivity contribution is 7.87. The molecule has 1 aliphatic rings. The maximum absolute atomic E-state index is 11.8. The molecule has 0 saturated carbocycles. The number of allylic oxidation sites excluding steroid dienone is 1. The lowest BCUT2D eigenvalue weighted by atomic mass is 10.6. The van der Waals surface area contributed by atoms with E-state index in [1.807, 2.05) is 0 Å². The molecule has 80 valence electrons. The molecular weight excluding hydrogens is 227 g/mol. The van der Waals surface area contributed by atoms with Crippen LogP contribution in [-0.2, 0) is 19.0 Å². The van der Waals surface area contributed by atoms with Gasteiger partial charge in [-0.15, -0.1) is 0 Å². The van der Waals surface area contributed by atoms with Crippen molar-refractivity contribution < 1.29 is 30.5 Å². The van der Waals surface area contributed by atoms with Gasteiger partial charge in [0, 0.05) is 12.3 Å². The van der Waals surface area contributed by atoms with Crippen molar-refractivity contribution >= 4 is 16.3 Å².